The molecule has 0 saturated carbocycles. The summed E-state index contributed by atoms with van der Waals surface area (Å²) in [6.45, 7) is 3.82. The number of nitrogens with zero attached hydrogens (tertiary/aromatic N) is 1. The fourth-order valence-electron chi connectivity index (χ4n) is 1.41. The highest BCUT2D eigenvalue weighted by molar-refractivity contribution is 6.31. The average Bonchev–Trinajstić information content (AvgIpc) is 2.31. The van der Waals surface area contributed by atoms with Crippen LogP contribution in [0.2, 0.25) is 5.02 Å². The van der Waals surface area contributed by atoms with E-state index in [0.717, 1.165) is 12.0 Å². The monoisotopic (exact) mass is 250 g/mol. The summed E-state index contributed by atoms with van der Waals surface area (Å²) in [6, 6.07) is 7.14. The number of rotatable bonds is 4. The third-order valence-corrected chi connectivity index (χ3v) is 3.01. The zero-order valence-corrected chi connectivity index (χ0v) is 10.7. The van der Waals surface area contributed by atoms with Gasteiger partial charge in [-0.15, -0.1) is 0 Å². The molecule has 1 aromatic carbocycles. The van der Waals surface area contributed by atoms with Crippen molar-refractivity contribution in [3.05, 3.63) is 34.3 Å². The summed E-state index contributed by atoms with van der Waals surface area (Å²) in [4.78, 5) is 11.9. The van der Waals surface area contributed by atoms with Crippen LogP contribution in [0.15, 0.2) is 18.2 Å². The van der Waals surface area contributed by atoms with Gasteiger partial charge < -0.3 is 5.32 Å². The van der Waals surface area contributed by atoms with E-state index in [2.05, 4.69) is 11.4 Å². The number of nitrogens with one attached hydrogen (secondary N) is 1. The smallest absolute Gasteiger partial charge is 0.251 e. The van der Waals surface area contributed by atoms with Gasteiger partial charge >= 0.3 is 0 Å². The van der Waals surface area contributed by atoms with Crippen LogP contribution < -0.4 is 5.32 Å². The molecule has 0 aliphatic heterocycles. The molecule has 17 heavy (non-hydrogen) atoms. The third kappa shape index (κ3) is 3.76. The molecule has 0 aliphatic rings. The Labute approximate surface area is 106 Å². The molecule has 1 unspecified atom stereocenters. The van der Waals surface area contributed by atoms with Crippen LogP contribution in [0.1, 0.15) is 35.7 Å². The Bertz CT molecular complexity index is 451. The molecule has 0 spiro atoms. The lowest BCUT2D eigenvalue weighted by molar-refractivity contribution is 0.0936. The van der Waals surface area contributed by atoms with Crippen LogP contribution in [0, 0.1) is 18.3 Å². The van der Waals surface area contributed by atoms with E-state index >= 15 is 0 Å². The minimum Gasteiger partial charge on any atom is -0.348 e. The van der Waals surface area contributed by atoms with Gasteiger partial charge in [0.25, 0.3) is 5.91 Å². The molecule has 1 rings (SSSR count). The number of aryl methyl sites for hydroxylation is 1. The Hall–Kier alpha value is -1.53. The summed E-state index contributed by atoms with van der Waals surface area (Å²) in [5.41, 5.74) is 1.46. The summed E-state index contributed by atoms with van der Waals surface area (Å²) in [5.74, 6) is -0.186. The SMILES string of the molecule is CCC(CC#N)NC(=O)c1ccc(C)c(Cl)c1. The van der Waals surface area contributed by atoms with Gasteiger partial charge in [0.2, 0.25) is 0 Å². The van der Waals surface area contributed by atoms with Crippen LogP contribution in [0.3, 0.4) is 0 Å². The predicted molar refractivity (Wildman–Crippen MR) is 68.0 cm³/mol. The van der Waals surface area contributed by atoms with E-state index in [-0.39, 0.29) is 11.9 Å². The summed E-state index contributed by atoms with van der Waals surface area (Å²) in [6.07, 6.45) is 1.06. The maximum Gasteiger partial charge on any atom is 0.251 e. The molecule has 1 atom stereocenters. The van der Waals surface area contributed by atoms with E-state index in [1.54, 1.807) is 12.1 Å². The van der Waals surface area contributed by atoms with Crippen molar-refractivity contribution in [1.29, 1.82) is 5.26 Å². The van der Waals surface area contributed by atoms with Gasteiger partial charge in [-0.3, -0.25) is 4.79 Å². The molecule has 0 aromatic heterocycles. The van der Waals surface area contributed by atoms with Gasteiger partial charge in [0, 0.05) is 16.6 Å². The number of carbonyl (C=O) groups excluding carboxylic acids is 1. The maximum absolute atomic E-state index is 11.9. The number of amides is 1. The number of benzene rings is 1. The molecular weight excluding hydrogens is 236 g/mol. The number of carbonyl (C=O) groups is 1. The van der Waals surface area contributed by atoms with Crippen LogP contribution in [-0.4, -0.2) is 11.9 Å². The molecule has 1 amide bonds. The summed E-state index contributed by atoms with van der Waals surface area (Å²) in [7, 11) is 0. The van der Waals surface area contributed by atoms with Gasteiger partial charge in [0.1, 0.15) is 0 Å². The van der Waals surface area contributed by atoms with Gasteiger partial charge in [-0.2, -0.15) is 5.26 Å². The Morgan fingerprint density at radius 1 is 1.59 bits per heavy atom. The van der Waals surface area contributed by atoms with E-state index in [1.807, 2.05) is 19.9 Å². The first-order valence-electron chi connectivity index (χ1n) is 5.52. The fraction of sp³-hybridized carbons (Fsp3) is 0.385. The van der Waals surface area contributed by atoms with Crippen molar-refractivity contribution >= 4 is 17.5 Å². The topological polar surface area (TPSA) is 52.9 Å². The van der Waals surface area contributed by atoms with Crippen molar-refractivity contribution in [2.45, 2.75) is 32.7 Å². The zero-order chi connectivity index (χ0) is 12.8. The molecule has 90 valence electrons. The van der Waals surface area contributed by atoms with Crippen LogP contribution in [0.25, 0.3) is 0 Å². The van der Waals surface area contributed by atoms with Gasteiger partial charge in [-0.05, 0) is 31.0 Å². The third-order valence-electron chi connectivity index (χ3n) is 2.60. The molecular formula is C13H15ClN2O. The van der Waals surface area contributed by atoms with Crippen molar-refractivity contribution in [2.75, 3.05) is 0 Å². The van der Waals surface area contributed by atoms with Crippen molar-refractivity contribution in [1.82, 2.24) is 5.32 Å². The average molecular weight is 251 g/mol. The van der Waals surface area contributed by atoms with Crippen LogP contribution in [0.5, 0.6) is 0 Å². The summed E-state index contributed by atoms with van der Waals surface area (Å²) >= 11 is 5.96. The van der Waals surface area contributed by atoms with Crippen molar-refractivity contribution < 1.29 is 4.79 Å². The minimum atomic E-state index is -0.186. The largest absolute Gasteiger partial charge is 0.348 e. The van der Waals surface area contributed by atoms with Crippen molar-refractivity contribution in [3.63, 3.8) is 0 Å². The molecule has 0 heterocycles. The van der Waals surface area contributed by atoms with Crippen molar-refractivity contribution in [2.24, 2.45) is 0 Å². The van der Waals surface area contributed by atoms with Crippen LogP contribution >= 0.6 is 11.6 Å². The quantitative estimate of drug-likeness (QED) is 0.893. The Morgan fingerprint density at radius 2 is 2.29 bits per heavy atom. The first-order valence-corrected chi connectivity index (χ1v) is 5.90. The predicted octanol–water partition coefficient (Wildman–Crippen LogP) is 3.07. The van der Waals surface area contributed by atoms with Crippen LogP contribution in [-0.2, 0) is 0 Å². The Morgan fingerprint density at radius 3 is 2.82 bits per heavy atom. The van der Waals surface area contributed by atoms with Gasteiger partial charge in [0.05, 0.1) is 12.5 Å². The Balaban J connectivity index is 2.76. The number of hydrogen-bond acceptors (Lipinski definition) is 2. The lowest BCUT2D eigenvalue weighted by Gasteiger charge is -2.13. The molecule has 1 aromatic rings. The Kier molecular flexibility index (Phi) is 4.99. The standard InChI is InChI=1S/C13H15ClN2O/c1-3-11(6-7-15)16-13(17)10-5-4-9(2)12(14)8-10/h4-5,8,11H,3,6H2,1-2H3,(H,16,17). The molecule has 4 heteroatoms. The lowest BCUT2D eigenvalue weighted by Crippen LogP contribution is -2.34. The highest BCUT2D eigenvalue weighted by Gasteiger charge is 2.12. The zero-order valence-electron chi connectivity index (χ0n) is 9.96. The maximum atomic E-state index is 11.9. The van der Waals surface area contributed by atoms with E-state index in [0.29, 0.717) is 17.0 Å². The first kappa shape index (κ1) is 13.5. The summed E-state index contributed by atoms with van der Waals surface area (Å²) < 4.78 is 0. The normalized spacial score (nSPS) is 11.6. The second kappa shape index (κ2) is 6.27. The van der Waals surface area contributed by atoms with Gasteiger partial charge in [-0.1, -0.05) is 24.6 Å². The fourth-order valence-corrected chi connectivity index (χ4v) is 1.59. The minimum absolute atomic E-state index is 0.104. The highest BCUT2D eigenvalue weighted by Crippen LogP contribution is 2.16. The number of halogens is 1. The molecule has 3 nitrogen and oxygen atoms in total. The second-order valence-corrected chi connectivity index (χ2v) is 4.31. The van der Waals surface area contributed by atoms with Gasteiger partial charge in [0.15, 0.2) is 0 Å². The highest BCUT2D eigenvalue weighted by atomic mass is 35.5. The van der Waals surface area contributed by atoms with E-state index in [9.17, 15) is 4.79 Å². The molecule has 0 aliphatic carbocycles. The first-order chi connectivity index (χ1) is 8.08. The summed E-state index contributed by atoms with van der Waals surface area (Å²) in [5, 5.41) is 12.0. The van der Waals surface area contributed by atoms with E-state index < -0.39 is 0 Å². The molecule has 0 bridgehead atoms. The molecule has 0 saturated heterocycles. The second-order valence-electron chi connectivity index (χ2n) is 3.90. The van der Waals surface area contributed by atoms with E-state index in [1.165, 1.54) is 0 Å². The molecule has 1 N–H and O–H groups in total. The van der Waals surface area contributed by atoms with Crippen LogP contribution in [0.4, 0.5) is 0 Å². The molecule has 0 radical (unpaired) electrons. The lowest BCUT2D eigenvalue weighted by atomic mass is 10.1. The number of nitriles is 1. The van der Waals surface area contributed by atoms with E-state index in [4.69, 9.17) is 16.9 Å². The van der Waals surface area contributed by atoms with Gasteiger partial charge in [-0.25, -0.2) is 0 Å². The van der Waals surface area contributed by atoms with Crippen molar-refractivity contribution in [3.8, 4) is 6.07 Å². The molecule has 0 fully saturated rings. The number of hydrogen-bond donors (Lipinski definition) is 1.